The molecule has 2 atom stereocenters. The fourth-order valence-corrected chi connectivity index (χ4v) is 3.66. The summed E-state index contributed by atoms with van der Waals surface area (Å²) >= 11 is 0. The molecule has 0 aromatic heterocycles. The molecule has 0 aromatic carbocycles. The molecule has 0 saturated heterocycles. The van der Waals surface area contributed by atoms with Gasteiger partial charge in [-0.25, -0.2) is 0 Å². The van der Waals surface area contributed by atoms with Crippen LogP contribution in [0.5, 0.6) is 0 Å². The summed E-state index contributed by atoms with van der Waals surface area (Å²) in [7, 11) is 2.61. The van der Waals surface area contributed by atoms with E-state index in [1.165, 1.54) is 25.7 Å². The van der Waals surface area contributed by atoms with Crippen LogP contribution in [-0.4, -0.2) is 7.28 Å². The van der Waals surface area contributed by atoms with Gasteiger partial charge in [-0.2, -0.15) is 0 Å². The molecule has 1 heteroatoms. The Hall–Kier alpha value is 0.0649. The van der Waals surface area contributed by atoms with Crippen molar-refractivity contribution in [3.05, 3.63) is 0 Å². The highest BCUT2D eigenvalue weighted by Gasteiger charge is 2.42. The monoisotopic (exact) mass is 221 g/mol. The van der Waals surface area contributed by atoms with Crippen LogP contribution >= 0.6 is 0 Å². The lowest BCUT2D eigenvalue weighted by Gasteiger charge is -2.49. The lowest BCUT2D eigenvalue weighted by Crippen LogP contribution is -2.37. The van der Waals surface area contributed by atoms with Crippen molar-refractivity contribution in [2.75, 3.05) is 0 Å². The van der Waals surface area contributed by atoms with Crippen LogP contribution in [0.15, 0.2) is 0 Å². The lowest BCUT2D eigenvalue weighted by molar-refractivity contribution is 0.114. The zero-order valence-electron chi connectivity index (χ0n) is 12.5. The van der Waals surface area contributed by atoms with Gasteiger partial charge in [-0.1, -0.05) is 71.9 Å². The van der Waals surface area contributed by atoms with Gasteiger partial charge in [-0.05, 0) is 24.2 Å². The maximum absolute atomic E-state index is 2.61. The van der Waals surface area contributed by atoms with Crippen LogP contribution in [0.3, 0.4) is 0 Å². The zero-order valence-corrected chi connectivity index (χ0v) is 12.5. The molecule has 0 spiro atoms. The topological polar surface area (TPSA) is 0 Å². The van der Waals surface area contributed by atoms with Gasteiger partial charge >= 0.3 is 0 Å². The van der Waals surface area contributed by atoms with Crippen molar-refractivity contribution in [2.24, 2.45) is 11.3 Å². The first-order chi connectivity index (χ1) is 7.06. The van der Waals surface area contributed by atoms with Crippen molar-refractivity contribution in [1.29, 1.82) is 0 Å². The summed E-state index contributed by atoms with van der Waals surface area (Å²) in [6, 6.07) is 0. The molecule has 0 amide bonds. The van der Waals surface area contributed by atoms with E-state index in [9.17, 15) is 0 Å². The lowest BCUT2D eigenvalue weighted by atomic mass is 9.35. The maximum Gasteiger partial charge on any atom is 0.124 e. The van der Waals surface area contributed by atoms with Gasteiger partial charge in [0.1, 0.15) is 7.28 Å². The van der Waals surface area contributed by atoms with Crippen LogP contribution in [0.1, 0.15) is 74.1 Å². The summed E-state index contributed by atoms with van der Waals surface area (Å²) in [5.74, 6) is 0.806. The van der Waals surface area contributed by atoms with E-state index >= 15 is 0 Å². The Balaban J connectivity index is 2.76. The van der Waals surface area contributed by atoms with Crippen LogP contribution in [0.4, 0.5) is 0 Å². The van der Waals surface area contributed by atoms with Crippen LogP contribution in [0.25, 0.3) is 0 Å². The number of hydrogen-bond acceptors (Lipinski definition) is 0. The van der Waals surface area contributed by atoms with E-state index in [-0.39, 0.29) is 0 Å². The Labute approximate surface area is 104 Å². The second-order valence-corrected chi connectivity index (χ2v) is 8.00. The molecular weight excluding hydrogens is 191 g/mol. The molecule has 16 heavy (non-hydrogen) atoms. The standard InChI is InChI=1S/C15H30B/c1-12(2)14(6)9-8-10-15(7,11-14)16-13(3,4)5/h12H,8-11H2,1-7H3. The Morgan fingerprint density at radius 1 is 1.06 bits per heavy atom. The average Bonchev–Trinajstić information content (AvgIpc) is 1.97. The summed E-state index contributed by atoms with van der Waals surface area (Å²) in [5, 5.41) is 0.805. The minimum atomic E-state index is 0.351. The second kappa shape index (κ2) is 4.39. The van der Waals surface area contributed by atoms with Crippen molar-refractivity contribution in [3.8, 4) is 0 Å². The third-order valence-corrected chi connectivity index (χ3v) is 4.48. The first-order valence-electron chi connectivity index (χ1n) is 6.93. The minimum Gasteiger partial charge on any atom is -0.0674 e. The molecule has 0 nitrogen and oxygen atoms in total. The van der Waals surface area contributed by atoms with E-state index in [1.807, 2.05) is 0 Å². The van der Waals surface area contributed by atoms with Crippen molar-refractivity contribution in [3.63, 3.8) is 0 Å². The van der Waals surface area contributed by atoms with E-state index in [4.69, 9.17) is 0 Å². The largest absolute Gasteiger partial charge is 0.124 e. The molecule has 1 saturated carbocycles. The van der Waals surface area contributed by atoms with Gasteiger partial charge in [0.25, 0.3) is 0 Å². The van der Waals surface area contributed by atoms with Gasteiger partial charge in [0.2, 0.25) is 0 Å². The molecule has 1 rings (SSSR count). The second-order valence-electron chi connectivity index (χ2n) is 8.00. The fraction of sp³-hybridized carbons (Fsp3) is 1.00. The summed E-state index contributed by atoms with van der Waals surface area (Å²) in [6.45, 7) is 16.7. The highest BCUT2D eigenvalue weighted by Crippen LogP contribution is 2.55. The van der Waals surface area contributed by atoms with E-state index in [2.05, 4.69) is 55.7 Å². The SMILES string of the molecule is CC(C)C1(C)CCCC(C)([B]C(C)(C)C)C1. The number of rotatable bonds is 2. The van der Waals surface area contributed by atoms with E-state index in [1.54, 1.807) is 0 Å². The van der Waals surface area contributed by atoms with Crippen molar-refractivity contribution >= 4 is 7.28 Å². The molecule has 2 unspecified atom stereocenters. The normalized spacial score (nSPS) is 36.5. The molecule has 93 valence electrons. The molecular formula is C15H30B. The molecule has 0 bridgehead atoms. The first kappa shape index (κ1) is 14.1. The van der Waals surface area contributed by atoms with Crippen LogP contribution < -0.4 is 0 Å². The molecule has 0 aliphatic heterocycles. The Kier molecular flexibility index (Phi) is 3.87. The van der Waals surface area contributed by atoms with Crippen LogP contribution in [0.2, 0.25) is 10.6 Å². The predicted octanol–water partition coefficient (Wildman–Crippen LogP) is 5.32. The molecule has 0 aromatic rings. The van der Waals surface area contributed by atoms with E-state index in [0.29, 0.717) is 16.0 Å². The molecule has 0 heterocycles. The highest BCUT2D eigenvalue weighted by molar-refractivity contribution is 6.43. The fourth-order valence-electron chi connectivity index (χ4n) is 3.66. The molecule has 1 fully saturated rings. The zero-order chi connectivity index (χ0) is 12.6. The molecule has 1 radical (unpaired) electrons. The van der Waals surface area contributed by atoms with Crippen LogP contribution in [-0.2, 0) is 0 Å². The molecule has 1 aliphatic rings. The minimum absolute atomic E-state index is 0.351. The van der Waals surface area contributed by atoms with E-state index < -0.39 is 0 Å². The van der Waals surface area contributed by atoms with Gasteiger partial charge in [-0.15, -0.1) is 0 Å². The summed E-state index contributed by atoms with van der Waals surface area (Å²) in [5.41, 5.74) is 0.550. The van der Waals surface area contributed by atoms with Gasteiger partial charge in [0, 0.05) is 0 Å². The van der Waals surface area contributed by atoms with E-state index in [0.717, 1.165) is 5.92 Å². The third-order valence-electron chi connectivity index (χ3n) is 4.48. The Morgan fingerprint density at radius 3 is 2.06 bits per heavy atom. The highest BCUT2D eigenvalue weighted by atomic mass is 14.4. The van der Waals surface area contributed by atoms with Gasteiger partial charge in [-0.3, -0.25) is 0 Å². The van der Waals surface area contributed by atoms with Crippen molar-refractivity contribution in [1.82, 2.24) is 0 Å². The smallest absolute Gasteiger partial charge is 0.0674 e. The predicted molar refractivity (Wildman–Crippen MR) is 75.2 cm³/mol. The van der Waals surface area contributed by atoms with Crippen molar-refractivity contribution < 1.29 is 0 Å². The summed E-state index contributed by atoms with van der Waals surface area (Å²) in [6.07, 6.45) is 5.57. The Morgan fingerprint density at radius 2 is 1.62 bits per heavy atom. The summed E-state index contributed by atoms with van der Waals surface area (Å²) in [4.78, 5) is 0. The maximum atomic E-state index is 2.61. The average molecular weight is 221 g/mol. The first-order valence-corrected chi connectivity index (χ1v) is 6.93. The molecule has 0 N–H and O–H groups in total. The van der Waals surface area contributed by atoms with Gasteiger partial charge < -0.3 is 0 Å². The number of hydrogen-bond donors (Lipinski definition) is 0. The molecule has 1 aliphatic carbocycles. The quantitative estimate of drug-likeness (QED) is 0.553. The van der Waals surface area contributed by atoms with Crippen molar-refractivity contribution in [2.45, 2.75) is 84.8 Å². The van der Waals surface area contributed by atoms with Gasteiger partial charge in [0.05, 0.1) is 0 Å². The Bertz CT molecular complexity index is 238. The summed E-state index contributed by atoms with van der Waals surface area (Å²) < 4.78 is 0. The van der Waals surface area contributed by atoms with Gasteiger partial charge in [0.15, 0.2) is 0 Å². The third kappa shape index (κ3) is 3.53. The van der Waals surface area contributed by atoms with Crippen LogP contribution in [0, 0.1) is 11.3 Å².